The number of carbonyl (C=O) groups excluding carboxylic acids is 1. The number of hydrogen-bond donors (Lipinski definition) is 1. The molecular formula is C18H22INO3. The van der Waals surface area contributed by atoms with E-state index in [-0.39, 0.29) is 12.5 Å². The average molecular weight is 427 g/mol. The number of fused-ring (bicyclic) bond motifs is 3. The number of nitrogens with zero attached hydrogens (tertiary/aromatic N) is 1. The van der Waals surface area contributed by atoms with Crippen molar-refractivity contribution in [3.8, 4) is 0 Å². The first kappa shape index (κ1) is 16.9. The van der Waals surface area contributed by atoms with Crippen LogP contribution in [0, 0.1) is 5.92 Å². The van der Waals surface area contributed by atoms with Crippen molar-refractivity contribution in [3.63, 3.8) is 0 Å². The Morgan fingerprint density at radius 1 is 1.35 bits per heavy atom. The molecule has 0 amide bonds. The highest BCUT2D eigenvalue weighted by molar-refractivity contribution is 14.1. The number of ether oxygens (including phenoxy) is 1. The highest BCUT2D eigenvalue weighted by atomic mass is 127. The van der Waals surface area contributed by atoms with Crippen molar-refractivity contribution in [3.05, 3.63) is 46.1 Å². The summed E-state index contributed by atoms with van der Waals surface area (Å²) in [6.07, 6.45) is 4.08. The van der Waals surface area contributed by atoms with Crippen LogP contribution in [0.2, 0.25) is 0 Å². The molecule has 0 aromatic heterocycles. The van der Waals surface area contributed by atoms with Gasteiger partial charge in [0.2, 0.25) is 0 Å². The molecule has 1 aromatic carbocycles. The Balaban J connectivity index is 1.78. The minimum Gasteiger partial charge on any atom is -0.458 e. The fraction of sp³-hybridized carbons (Fsp3) is 0.500. The zero-order valence-corrected chi connectivity index (χ0v) is 15.2. The molecule has 1 N–H and O–H groups in total. The Morgan fingerprint density at radius 3 is 2.61 bits per heavy atom. The molecule has 3 heterocycles. The molecule has 4 rings (SSSR count). The first-order chi connectivity index (χ1) is 11.1. The van der Waals surface area contributed by atoms with E-state index in [9.17, 15) is 9.90 Å². The lowest BCUT2D eigenvalue weighted by Crippen LogP contribution is -2.53. The van der Waals surface area contributed by atoms with Gasteiger partial charge in [0.1, 0.15) is 6.10 Å². The molecule has 3 saturated heterocycles. The second-order valence-corrected chi connectivity index (χ2v) is 7.09. The molecule has 23 heavy (non-hydrogen) atoms. The highest BCUT2D eigenvalue weighted by Gasteiger charge is 2.43. The Hall–Kier alpha value is -0.920. The lowest BCUT2D eigenvalue weighted by molar-refractivity contribution is -0.181. The lowest BCUT2D eigenvalue weighted by atomic mass is 9.85. The van der Waals surface area contributed by atoms with E-state index in [0.29, 0.717) is 11.5 Å². The molecule has 0 unspecified atom stereocenters. The summed E-state index contributed by atoms with van der Waals surface area (Å²) in [7, 11) is 0. The fourth-order valence-electron chi connectivity index (χ4n) is 3.53. The molecule has 3 fully saturated rings. The summed E-state index contributed by atoms with van der Waals surface area (Å²) < 4.78 is 7.59. The number of aliphatic hydroxyl groups is 1. The summed E-state index contributed by atoms with van der Waals surface area (Å²) in [6.45, 7) is 2.99. The molecule has 3 aliphatic rings. The molecule has 1 aromatic rings. The second-order valence-electron chi connectivity index (χ2n) is 6.37. The number of benzene rings is 1. The Morgan fingerprint density at radius 2 is 2.04 bits per heavy atom. The fourth-order valence-corrected chi connectivity index (χ4v) is 3.78. The van der Waals surface area contributed by atoms with E-state index in [1.165, 1.54) is 0 Å². The maximum Gasteiger partial charge on any atom is 0.343 e. The van der Waals surface area contributed by atoms with Crippen LogP contribution in [0.1, 0.15) is 24.8 Å². The van der Waals surface area contributed by atoms with Crippen LogP contribution in [0.4, 0.5) is 0 Å². The quantitative estimate of drug-likeness (QED) is 0.580. The molecule has 2 atom stereocenters. The minimum absolute atomic E-state index is 0.0937. The predicted molar refractivity (Wildman–Crippen MR) is 97.2 cm³/mol. The van der Waals surface area contributed by atoms with Gasteiger partial charge in [-0.1, -0.05) is 59.0 Å². The van der Waals surface area contributed by atoms with Crippen molar-refractivity contribution in [1.29, 1.82) is 0 Å². The van der Waals surface area contributed by atoms with Gasteiger partial charge < -0.3 is 9.84 Å². The van der Waals surface area contributed by atoms with Gasteiger partial charge >= 0.3 is 5.97 Å². The van der Waals surface area contributed by atoms with Crippen molar-refractivity contribution in [2.24, 2.45) is 5.92 Å². The lowest BCUT2D eigenvalue weighted by Gasteiger charge is -2.44. The van der Waals surface area contributed by atoms with E-state index < -0.39 is 11.6 Å². The van der Waals surface area contributed by atoms with Gasteiger partial charge in [0.05, 0.1) is 0 Å². The minimum atomic E-state index is -1.62. The Labute approximate surface area is 150 Å². The monoisotopic (exact) mass is 427 g/mol. The van der Waals surface area contributed by atoms with Gasteiger partial charge in [-0.25, -0.2) is 4.79 Å². The van der Waals surface area contributed by atoms with Gasteiger partial charge in [-0.05, 0) is 41.5 Å². The zero-order chi connectivity index (χ0) is 16.3. The molecular weight excluding hydrogens is 405 g/mol. The summed E-state index contributed by atoms with van der Waals surface area (Å²) >= 11 is 2.09. The van der Waals surface area contributed by atoms with E-state index in [4.69, 9.17) is 4.74 Å². The number of rotatable bonds is 5. The topological polar surface area (TPSA) is 49.8 Å². The normalized spacial score (nSPS) is 29.4. The molecule has 0 radical (unpaired) electrons. The standard InChI is InChI=1S/C18H22INO3/c19-10-4-9-18(22,15-5-2-1-3-6-15)17(21)23-16-13-20-11-7-14(16)8-12-20/h1-6,10,14,16,22H,7-9,11-13H2/b10-4+/t16-,18-/m0/s1. The van der Waals surface area contributed by atoms with Crippen LogP contribution >= 0.6 is 22.6 Å². The van der Waals surface area contributed by atoms with Crippen molar-refractivity contribution in [2.45, 2.75) is 31.0 Å². The van der Waals surface area contributed by atoms with E-state index in [0.717, 1.165) is 32.5 Å². The van der Waals surface area contributed by atoms with Crippen LogP contribution in [-0.2, 0) is 15.1 Å². The Bertz CT molecular complexity index is 569. The van der Waals surface area contributed by atoms with Crippen molar-refractivity contribution < 1.29 is 14.6 Å². The number of halogens is 1. The highest BCUT2D eigenvalue weighted by Crippen LogP contribution is 2.33. The maximum atomic E-state index is 12.8. The van der Waals surface area contributed by atoms with Gasteiger partial charge in [-0.2, -0.15) is 0 Å². The van der Waals surface area contributed by atoms with E-state index in [1.807, 2.05) is 22.3 Å². The van der Waals surface area contributed by atoms with E-state index in [2.05, 4.69) is 27.5 Å². The maximum absolute atomic E-state index is 12.8. The molecule has 5 heteroatoms. The van der Waals surface area contributed by atoms with Crippen LogP contribution in [-0.4, -0.2) is 41.7 Å². The van der Waals surface area contributed by atoms with Gasteiger partial charge in [-0.3, -0.25) is 4.90 Å². The SMILES string of the molecule is O=C(O[C@H]1CN2CCC1CC2)[C@](O)(C/C=C/I)c1ccccc1. The molecule has 2 bridgehead atoms. The van der Waals surface area contributed by atoms with Gasteiger partial charge in [0.25, 0.3) is 0 Å². The van der Waals surface area contributed by atoms with Gasteiger partial charge in [-0.15, -0.1) is 0 Å². The van der Waals surface area contributed by atoms with Crippen molar-refractivity contribution in [2.75, 3.05) is 19.6 Å². The average Bonchev–Trinajstić information content (AvgIpc) is 2.61. The van der Waals surface area contributed by atoms with Crippen LogP contribution in [0.25, 0.3) is 0 Å². The predicted octanol–water partition coefficient (Wildman–Crippen LogP) is 2.85. The summed E-state index contributed by atoms with van der Waals surface area (Å²) in [5.74, 6) is -0.0963. The van der Waals surface area contributed by atoms with Crippen LogP contribution in [0.15, 0.2) is 40.5 Å². The smallest absolute Gasteiger partial charge is 0.343 e. The Kier molecular flexibility index (Phi) is 5.38. The summed E-state index contributed by atoms with van der Waals surface area (Å²) in [5.41, 5.74) is -1.03. The van der Waals surface area contributed by atoms with Crippen LogP contribution < -0.4 is 0 Å². The first-order valence-electron chi connectivity index (χ1n) is 8.10. The first-order valence-corrected chi connectivity index (χ1v) is 9.34. The van der Waals surface area contributed by atoms with E-state index in [1.54, 1.807) is 18.2 Å². The van der Waals surface area contributed by atoms with Crippen LogP contribution in [0.5, 0.6) is 0 Å². The van der Waals surface area contributed by atoms with Gasteiger partial charge in [0.15, 0.2) is 5.60 Å². The molecule has 4 nitrogen and oxygen atoms in total. The van der Waals surface area contributed by atoms with Crippen molar-refractivity contribution >= 4 is 28.6 Å². The molecule has 0 saturated carbocycles. The number of carbonyl (C=O) groups is 1. The summed E-state index contributed by atoms with van der Waals surface area (Å²) in [5, 5.41) is 11.0. The molecule has 3 aliphatic heterocycles. The van der Waals surface area contributed by atoms with Gasteiger partial charge in [0, 0.05) is 13.0 Å². The molecule has 0 spiro atoms. The van der Waals surface area contributed by atoms with Crippen LogP contribution in [0.3, 0.4) is 0 Å². The second kappa shape index (κ2) is 7.32. The largest absolute Gasteiger partial charge is 0.458 e. The number of esters is 1. The molecule has 124 valence electrons. The number of piperidine rings is 3. The summed E-state index contributed by atoms with van der Waals surface area (Å²) in [6, 6.07) is 9.08. The van der Waals surface area contributed by atoms with Crippen molar-refractivity contribution in [1.82, 2.24) is 4.90 Å². The van der Waals surface area contributed by atoms with E-state index >= 15 is 0 Å². The third-order valence-corrected chi connectivity index (χ3v) is 5.45. The number of hydrogen-bond acceptors (Lipinski definition) is 4. The zero-order valence-electron chi connectivity index (χ0n) is 13.0. The third kappa shape index (κ3) is 3.61. The third-order valence-electron chi connectivity index (χ3n) is 4.95. The molecule has 0 aliphatic carbocycles. The summed E-state index contributed by atoms with van der Waals surface area (Å²) in [4.78, 5) is 15.1.